The van der Waals surface area contributed by atoms with E-state index in [4.69, 9.17) is 11.6 Å². The van der Waals surface area contributed by atoms with Gasteiger partial charge in [0, 0.05) is 19.1 Å². The number of halogens is 2. The molecule has 1 aromatic carbocycles. The number of hydrogen-bond donors (Lipinski definition) is 1. The summed E-state index contributed by atoms with van der Waals surface area (Å²) in [6.45, 7) is 1.41. The predicted octanol–water partition coefficient (Wildman–Crippen LogP) is 2.69. The van der Waals surface area contributed by atoms with Crippen molar-refractivity contribution in [1.82, 2.24) is 10.2 Å². The van der Waals surface area contributed by atoms with E-state index in [9.17, 15) is 9.18 Å². The van der Waals surface area contributed by atoms with Gasteiger partial charge in [0.15, 0.2) is 5.82 Å². The fourth-order valence-corrected chi connectivity index (χ4v) is 2.71. The van der Waals surface area contributed by atoms with Crippen molar-refractivity contribution in [2.75, 3.05) is 20.1 Å². The molecule has 0 aliphatic carbocycles. The number of rotatable bonds is 3. The van der Waals surface area contributed by atoms with Crippen molar-refractivity contribution >= 4 is 17.5 Å². The number of piperidine rings is 1. The molecule has 0 spiro atoms. The molecule has 1 fully saturated rings. The first-order valence-electron chi connectivity index (χ1n) is 6.54. The van der Waals surface area contributed by atoms with Gasteiger partial charge in [0.1, 0.15) is 0 Å². The molecule has 1 aliphatic rings. The quantitative estimate of drug-likeness (QED) is 0.926. The molecule has 0 aromatic heterocycles. The second-order valence-electron chi connectivity index (χ2n) is 4.81. The minimum atomic E-state index is -0.622. The van der Waals surface area contributed by atoms with Crippen molar-refractivity contribution in [1.29, 1.82) is 0 Å². The highest BCUT2D eigenvalue weighted by molar-refractivity contribution is 6.31. The molecule has 104 valence electrons. The Morgan fingerprint density at radius 1 is 1.53 bits per heavy atom. The third-order valence-corrected chi connectivity index (χ3v) is 3.80. The average molecular weight is 285 g/mol. The number of carbonyl (C=O) groups excluding carboxylic acids is 1. The summed E-state index contributed by atoms with van der Waals surface area (Å²) in [6.07, 6.45) is 3.02. The monoisotopic (exact) mass is 284 g/mol. The van der Waals surface area contributed by atoms with Crippen LogP contribution in [0.3, 0.4) is 0 Å². The van der Waals surface area contributed by atoms with Crippen LogP contribution in [0, 0.1) is 5.82 Å². The van der Waals surface area contributed by atoms with E-state index in [1.165, 1.54) is 12.1 Å². The predicted molar refractivity (Wildman–Crippen MR) is 74.0 cm³/mol. The van der Waals surface area contributed by atoms with E-state index in [2.05, 4.69) is 5.32 Å². The molecule has 1 unspecified atom stereocenters. The Kier molecular flexibility index (Phi) is 4.77. The van der Waals surface area contributed by atoms with Crippen LogP contribution in [-0.2, 0) is 0 Å². The van der Waals surface area contributed by atoms with Crippen molar-refractivity contribution in [2.45, 2.75) is 25.3 Å². The van der Waals surface area contributed by atoms with Crippen molar-refractivity contribution < 1.29 is 9.18 Å². The van der Waals surface area contributed by atoms with Crippen LogP contribution in [0.2, 0.25) is 5.02 Å². The highest BCUT2D eigenvalue weighted by Gasteiger charge is 2.28. The fraction of sp³-hybridized carbons (Fsp3) is 0.500. The summed E-state index contributed by atoms with van der Waals surface area (Å²) in [5.41, 5.74) is 0.0653. The Labute approximate surface area is 117 Å². The van der Waals surface area contributed by atoms with Crippen molar-refractivity contribution in [2.24, 2.45) is 0 Å². The van der Waals surface area contributed by atoms with Gasteiger partial charge >= 0.3 is 0 Å². The zero-order chi connectivity index (χ0) is 13.8. The standard InChI is InChI=1S/C14H18ClFN2O/c1-17-9-10-5-2-3-8-18(10)14(19)11-6-4-7-12(15)13(11)16/h4,6-7,10,17H,2-3,5,8-9H2,1H3. The first-order valence-corrected chi connectivity index (χ1v) is 6.92. The Bertz CT molecular complexity index is 465. The van der Waals surface area contributed by atoms with Crippen LogP contribution in [0.15, 0.2) is 18.2 Å². The van der Waals surface area contributed by atoms with E-state index in [1.54, 1.807) is 11.0 Å². The van der Waals surface area contributed by atoms with Gasteiger partial charge in [-0.3, -0.25) is 4.79 Å². The van der Waals surface area contributed by atoms with E-state index in [1.807, 2.05) is 7.05 Å². The minimum absolute atomic E-state index is 0.00646. The second-order valence-corrected chi connectivity index (χ2v) is 5.21. The summed E-state index contributed by atoms with van der Waals surface area (Å²) in [5.74, 6) is -0.886. The molecule has 1 heterocycles. The number of benzene rings is 1. The van der Waals surface area contributed by atoms with Gasteiger partial charge in [-0.05, 0) is 38.4 Å². The Balaban J connectivity index is 2.23. The number of amides is 1. The Morgan fingerprint density at radius 3 is 3.05 bits per heavy atom. The third-order valence-electron chi connectivity index (χ3n) is 3.51. The number of nitrogens with zero attached hydrogens (tertiary/aromatic N) is 1. The maximum atomic E-state index is 13.9. The van der Waals surface area contributed by atoms with Gasteiger partial charge in [-0.25, -0.2) is 4.39 Å². The lowest BCUT2D eigenvalue weighted by atomic mass is 10.0. The van der Waals surface area contributed by atoms with Gasteiger partial charge in [0.25, 0.3) is 5.91 Å². The van der Waals surface area contributed by atoms with Crippen LogP contribution in [0.4, 0.5) is 4.39 Å². The second kappa shape index (κ2) is 6.35. The summed E-state index contributed by atoms with van der Waals surface area (Å²) in [5, 5.41) is 3.08. The molecule has 0 saturated carbocycles. The van der Waals surface area contributed by atoms with Crippen LogP contribution in [0.25, 0.3) is 0 Å². The zero-order valence-corrected chi connectivity index (χ0v) is 11.7. The highest BCUT2D eigenvalue weighted by Crippen LogP contribution is 2.23. The van der Waals surface area contributed by atoms with E-state index < -0.39 is 5.82 Å². The Morgan fingerprint density at radius 2 is 2.32 bits per heavy atom. The van der Waals surface area contributed by atoms with E-state index >= 15 is 0 Å². The molecule has 2 rings (SSSR count). The molecule has 1 amide bonds. The van der Waals surface area contributed by atoms with Crippen LogP contribution in [0.5, 0.6) is 0 Å². The van der Waals surface area contributed by atoms with Crippen molar-refractivity contribution in [3.63, 3.8) is 0 Å². The van der Waals surface area contributed by atoms with E-state index in [0.717, 1.165) is 25.8 Å². The molecular weight excluding hydrogens is 267 g/mol. The lowest BCUT2D eigenvalue weighted by molar-refractivity contribution is 0.0610. The molecule has 1 N–H and O–H groups in total. The van der Waals surface area contributed by atoms with Gasteiger partial charge in [-0.1, -0.05) is 17.7 Å². The fourth-order valence-electron chi connectivity index (χ4n) is 2.54. The molecule has 1 atom stereocenters. The van der Waals surface area contributed by atoms with Gasteiger partial charge in [-0.15, -0.1) is 0 Å². The van der Waals surface area contributed by atoms with Crippen molar-refractivity contribution in [3.8, 4) is 0 Å². The molecule has 3 nitrogen and oxygen atoms in total. The van der Waals surface area contributed by atoms with E-state index in [-0.39, 0.29) is 22.5 Å². The summed E-state index contributed by atoms with van der Waals surface area (Å²) in [6, 6.07) is 4.68. The van der Waals surface area contributed by atoms with Crippen molar-refractivity contribution in [3.05, 3.63) is 34.6 Å². The average Bonchev–Trinajstić information content (AvgIpc) is 2.42. The first kappa shape index (κ1) is 14.3. The molecule has 5 heteroatoms. The minimum Gasteiger partial charge on any atom is -0.334 e. The third kappa shape index (κ3) is 3.07. The summed E-state index contributed by atoms with van der Waals surface area (Å²) < 4.78 is 13.9. The highest BCUT2D eigenvalue weighted by atomic mass is 35.5. The van der Waals surface area contributed by atoms with Crippen LogP contribution in [0.1, 0.15) is 29.6 Å². The maximum absolute atomic E-state index is 13.9. The molecular formula is C14H18ClFN2O. The number of carbonyl (C=O) groups is 1. The number of likely N-dealkylation sites (N-methyl/N-ethyl adjacent to an activating group) is 1. The SMILES string of the molecule is CNCC1CCCCN1C(=O)c1cccc(Cl)c1F. The molecule has 0 radical (unpaired) electrons. The first-order chi connectivity index (χ1) is 9.15. The lowest BCUT2D eigenvalue weighted by Gasteiger charge is -2.35. The molecule has 1 saturated heterocycles. The van der Waals surface area contributed by atoms with Crippen LogP contribution < -0.4 is 5.32 Å². The number of nitrogens with one attached hydrogen (secondary N) is 1. The number of hydrogen-bond acceptors (Lipinski definition) is 2. The van der Waals surface area contributed by atoms with Crippen LogP contribution in [-0.4, -0.2) is 37.0 Å². The molecule has 0 bridgehead atoms. The van der Waals surface area contributed by atoms with Gasteiger partial charge in [0.05, 0.1) is 10.6 Å². The normalized spacial score (nSPS) is 19.5. The summed E-state index contributed by atoms with van der Waals surface area (Å²) in [4.78, 5) is 14.2. The number of likely N-dealkylation sites (tertiary alicyclic amines) is 1. The van der Waals surface area contributed by atoms with Crippen LogP contribution >= 0.6 is 11.6 Å². The Hall–Kier alpha value is -1.13. The maximum Gasteiger partial charge on any atom is 0.257 e. The smallest absolute Gasteiger partial charge is 0.257 e. The van der Waals surface area contributed by atoms with E-state index in [0.29, 0.717) is 6.54 Å². The van der Waals surface area contributed by atoms with Gasteiger partial charge in [-0.2, -0.15) is 0 Å². The molecule has 1 aromatic rings. The zero-order valence-electron chi connectivity index (χ0n) is 11.0. The topological polar surface area (TPSA) is 32.3 Å². The summed E-state index contributed by atoms with van der Waals surface area (Å²) >= 11 is 5.74. The lowest BCUT2D eigenvalue weighted by Crippen LogP contribution is -2.48. The van der Waals surface area contributed by atoms with Gasteiger partial charge < -0.3 is 10.2 Å². The molecule has 1 aliphatic heterocycles. The van der Waals surface area contributed by atoms with Gasteiger partial charge in [0.2, 0.25) is 0 Å². The largest absolute Gasteiger partial charge is 0.334 e. The molecule has 19 heavy (non-hydrogen) atoms. The summed E-state index contributed by atoms with van der Waals surface area (Å²) in [7, 11) is 1.86.